The number of halogens is 3. The van der Waals surface area contributed by atoms with Crippen molar-refractivity contribution in [2.75, 3.05) is 50.7 Å². The van der Waals surface area contributed by atoms with Crippen LogP contribution in [0.3, 0.4) is 0 Å². The first-order valence-electron chi connectivity index (χ1n) is 17.5. The number of carbonyl (C=O) groups is 2. The standard InChI is InChI=1S/C39H46F3N5O2/c1-3-21-47(29-12-5-4-6-13-29)36(48)30-18-20-43-35(28(30)2)46-25-23-45(24-26-46)22-11-19-38(37(49)44-27-39(40,41)42)33-16-9-7-14-31(33)32-15-8-10-17-34(32)38/h3,7-10,14-18,20,29H,1,4-6,11-13,19,21-27H2,2H3,(H,44,49). The third-order valence-electron chi connectivity index (χ3n) is 10.6. The normalized spacial score (nSPS) is 17.7. The first kappa shape index (κ1) is 34.7. The van der Waals surface area contributed by atoms with E-state index < -0.39 is 24.0 Å². The largest absolute Gasteiger partial charge is 0.405 e. The molecule has 2 heterocycles. The highest BCUT2D eigenvalue weighted by Crippen LogP contribution is 2.51. The van der Waals surface area contributed by atoms with Crippen LogP contribution in [-0.2, 0) is 10.2 Å². The van der Waals surface area contributed by atoms with E-state index in [-0.39, 0.29) is 11.9 Å². The predicted octanol–water partition coefficient (Wildman–Crippen LogP) is 6.90. The summed E-state index contributed by atoms with van der Waals surface area (Å²) >= 11 is 0. The number of hydrogen-bond acceptors (Lipinski definition) is 5. The average molecular weight is 674 g/mol. The zero-order valence-electron chi connectivity index (χ0n) is 28.3. The number of amides is 2. The Kier molecular flexibility index (Phi) is 10.4. The second-order valence-corrected chi connectivity index (χ2v) is 13.6. The lowest BCUT2D eigenvalue weighted by atomic mass is 9.73. The van der Waals surface area contributed by atoms with Gasteiger partial charge >= 0.3 is 6.18 Å². The zero-order valence-corrected chi connectivity index (χ0v) is 28.3. The van der Waals surface area contributed by atoms with E-state index >= 15 is 0 Å². The summed E-state index contributed by atoms with van der Waals surface area (Å²) in [5.74, 6) is 0.250. The monoisotopic (exact) mass is 673 g/mol. The van der Waals surface area contributed by atoms with Crippen LogP contribution in [0.2, 0.25) is 0 Å². The van der Waals surface area contributed by atoms with Crippen LogP contribution in [-0.4, -0.2) is 84.6 Å². The van der Waals surface area contributed by atoms with Crippen LogP contribution in [0.4, 0.5) is 19.0 Å². The first-order chi connectivity index (χ1) is 23.6. The zero-order chi connectivity index (χ0) is 34.6. The van der Waals surface area contributed by atoms with Gasteiger partial charge in [0.1, 0.15) is 17.8 Å². The van der Waals surface area contributed by atoms with Crippen molar-refractivity contribution in [2.45, 2.75) is 69.5 Å². The van der Waals surface area contributed by atoms with E-state index in [0.717, 1.165) is 85.5 Å². The molecule has 2 aromatic carbocycles. The van der Waals surface area contributed by atoms with Gasteiger partial charge in [-0.2, -0.15) is 13.2 Å². The highest BCUT2D eigenvalue weighted by atomic mass is 19.4. The van der Waals surface area contributed by atoms with Gasteiger partial charge in [-0.15, -0.1) is 6.58 Å². The van der Waals surface area contributed by atoms with E-state index in [0.29, 0.717) is 31.5 Å². The molecule has 260 valence electrons. The number of nitrogens with zero attached hydrogens (tertiary/aromatic N) is 4. The Bertz CT molecular complexity index is 1610. The topological polar surface area (TPSA) is 68.8 Å². The quantitative estimate of drug-likeness (QED) is 0.225. The summed E-state index contributed by atoms with van der Waals surface area (Å²) < 4.78 is 39.7. The van der Waals surface area contributed by atoms with Crippen LogP contribution in [0.15, 0.2) is 73.4 Å². The third-order valence-corrected chi connectivity index (χ3v) is 10.6. The maximum Gasteiger partial charge on any atom is 0.405 e. The van der Waals surface area contributed by atoms with Crippen LogP contribution in [0.5, 0.6) is 0 Å². The highest BCUT2D eigenvalue weighted by molar-refractivity contribution is 6.00. The van der Waals surface area contributed by atoms with Crippen molar-refractivity contribution >= 4 is 17.6 Å². The molecular weight excluding hydrogens is 627 g/mol. The van der Waals surface area contributed by atoms with Crippen LogP contribution in [0.1, 0.15) is 72.0 Å². The van der Waals surface area contributed by atoms with Gasteiger partial charge in [0.15, 0.2) is 0 Å². The minimum absolute atomic E-state index is 0.0369. The average Bonchev–Trinajstić information content (AvgIpc) is 3.40. The Hall–Kier alpha value is -4.18. The van der Waals surface area contributed by atoms with E-state index in [1.54, 1.807) is 6.20 Å². The van der Waals surface area contributed by atoms with Crippen molar-refractivity contribution in [3.05, 3.63) is 95.7 Å². The van der Waals surface area contributed by atoms with E-state index in [2.05, 4.69) is 21.7 Å². The minimum Gasteiger partial charge on any atom is -0.354 e. The lowest BCUT2D eigenvalue weighted by Gasteiger charge is -2.37. The van der Waals surface area contributed by atoms with Gasteiger partial charge in [-0.3, -0.25) is 14.5 Å². The van der Waals surface area contributed by atoms with Crippen LogP contribution in [0, 0.1) is 6.92 Å². The van der Waals surface area contributed by atoms with Gasteiger partial charge in [0.05, 0.1) is 0 Å². The molecule has 3 aromatic rings. The molecule has 2 amide bonds. The molecule has 1 saturated carbocycles. The number of nitrogens with one attached hydrogen (secondary N) is 1. The van der Waals surface area contributed by atoms with Gasteiger partial charge in [0, 0.05) is 56.1 Å². The first-order valence-corrected chi connectivity index (χ1v) is 17.5. The molecule has 0 unspecified atom stereocenters. The second-order valence-electron chi connectivity index (χ2n) is 13.6. The van der Waals surface area contributed by atoms with Gasteiger partial charge in [0.25, 0.3) is 5.91 Å². The Balaban J connectivity index is 1.13. The fraction of sp³-hybridized carbons (Fsp3) is 0.462. The highest BCUT2D eigenvalue weighted by Gasteiger charge is 2.49. The van der Waals surface area contributed by atoms with E-state index in [1.165, 1.54) is 6.42 Å². The van der Waals surface area contributed by atoms with Gasteiger partial charge < -0.3 is 15.1 Å². The molecule has 0 spiro atoms. The molecule has 2 aliphatic carbocycles. The number of aromatic nitrogens is 1. The Morgan fingerprint density at radius 1 is 0.980 bits per heavy atom. The summed E-state index contributed by atoms with van der Waals surface area (Å²) in [4.78, 5) is 38.9. The van der Waals surface area contributed by atoms with E-state index in [9.17, 15) is 22.8 Å². The molecule has 10 heteroatoms. The van der Waals surface area contributed by atoms with Crippen molar-refractivity contribution in [3.63, 3.8) is 0 Å². The summed E-state index contributed by atoms with van der Waals surface area (Å²) in [6, 6.07) is 17.2. The molecule has 0 radical (unpaired) electrons. The van der Waals surface area contributed by atoms with Crippen molar-refractivity contribution < 1.29 is 22.8 Å². The maximum atomic E-state index is 13.8. The van der Waals surface area contributed by atoms with Crippen molar-refractivity contribution in [1.82, 2.24) is 20.1 Å². The maximum absolute atomic E-state index is 13.8. The van der Waals surface area contributed by atoms with Crippen LogP contribution >= 0.6 is 0 Å². The molecule has 3 aliphatic rings. The fourth-order valence-corrected chi connectivity index (χ4v) is 8.19. The molecule has 0 bridgehead atoms. The summed E-state index contributed by atoms with van der Waals surface area (Å²) in [6.45, 7) is 8.75. The summed E-state index contributed by atoms with van der Waals surface area (Å²) in [7, 11) is 0. The molecule has 0 atom stereocenters. The van der Waals surface area contributed by atoms with Gasteiger partial charge in [-0.05, 0) is 67.5 Å². The number of alkyl halides is 3. The number of benzene rings is 2. The number of carbonyl (C=O) groups excluding carboxylic acids is 2. The molecule has 2 fully saturated rings. The SMILES string of the molecule is C=CCN(C(=O)c1ccnc(N2CCN(CCCC3(C(=O)NCC(F)(F)F)c4ccccc4-c4ccccc43)CC2)c1C)C1CCCCC1. The second kappa shape index (κ2) is 14.7. The molecule has 1 N–H and O–H groups in total. The summed E-state index contributed by atoms with van der Waals surface area (Å²) in [6.07, 6.45) is 5.60. The Labute approximate surface area is 287 Å². The van der Waals surface area contributed by atoms with Crippen molar-refractivity contribution in [2.24, 2.45) is 0 Å². The number of piperazine rings is 1. The van der Waals surface area contributed by atoms with Gasteiger partial charge in [-0.1, -0.05) is 73.9 Å². The lowest BCUT2D eigenvalue weighted by molar-refractivity contribution is -0.141. The van der Waals surface area contributed by atoms with E-state index in [1.807, 2.05) is 72.5 Å². The van der Waals surface area contributed by atoms with Crippen LogP contribution in [0.25, 0.3) is 11.1 Å². The molecule has 7 nitrogen and oxygen atoms in total. The Morgan fingerprint density at radius 3 is 2.22 bits per heavy atom. The van der Waals surface area contributed by atoms with Gasteiger partial charge in [0.2, 0.25) is 5.91 Å². The number of rotatable bonds is 11. The molecule has 1 saturated heterocycles. The van der Waals surface area contributed by atoms with Crippen LogP contribution < -0.4 is 10.2 Å². The third kappa shape index (κ3) is 7.11. The van der Waals surface area contributed by atoms with Crippen molar-refractivity contribution in [1.29, 1.82) is 0 Å². The molecular formula is C39H46F3N5O2. The molecule has 1 aromatic heterocycles. The predicted molar refractivity (Wildman–Crippen MR) is 187 cm³/mol. The number of pyridine rings is 1. The number of anilines is 1. The number of fused-ring (bicyclic) bond motifs is 3. The lowest BCUT2D eigenvalue weighted by Crippen LogP contribution is -2.49. The molecule has 1 aliphatic heterocycles. The minimum atomic E-state index is -4.51. The fourth-order valence-electron chi connectivity index (χ4n) is 8.19. The van der Waals surface area contributed by atoms with E-state index in [4.69, 9.17) is 4.98 Å². The number of hydrogen-bond donors (Lipinski definition) is 1. The van der Waals surface area contributed by atoms with Gasteiger partial charge in [-0.25, -0.2) is 4.98 Å². The smallest absolute Gasteiger partial charge is 0.354 e. The Morgan fingerprint density at radius 2 is 1.61 bits per heavy atom. The molecule has 6 rings (SSSR count). The van der Waals surface area contributed by atoms with Crippen molar-refractivity contribution in [3.8, 4) is 11.1 Å². The summed E-state index contributed by atoms with van der Waals surface area (Å²) in [5, 5.41) is 2.23. The molecule has 49 heavy (non-hydrogen) atoms. The summed E-state index contributed by atoms with van der Waals surface area (Å²) in [5.41, 5.74) is 3.67.